The van der Waals surface area contributed by atoms with Gasteiger partial charge in [-0.25, -0.2) is 4.79 Å². The normalized spacial score (nSPS) is 11.9. The van der Waals surface area contributed by atoms with E-state index in [4.69, 9.17) is 0 Å². The highest BCUT2D eigenvalue weighted by Gasteiger charge is 2.17. The zero-order valence-electron chi connectivity index (χ0n) is 17.5. The number of carboxylic acid groups (broad SMARTS) is 1. The van der Waals surface area contributed by atoms with Gasteiger partial charge in [0, 0.05) is 30.5 Å². The molecule has 0 fully saturated rings. The summed E-state index contributed by atoms with van der Waals surface area (Å²) in [6, 6.07) is 21.8. The van der Waals surface area contributed by atoms with Gasteiger partial charge in [-0.05, 0) is 54.3 Å². The van der Waals surface area contributed by atoms with Crippen LogP contribution in [-0.4, -0.2) is 27.4 Å². The van der Waals surface area contributed by atoms with Gasteiger partial charge in [-0.2, -0.15) is 0 Å². The molecule has 2 heterocycles. The van der Waals surface area contributed by atoms with E-state index >= 15 is 0 Å². The number of nitrogens with zero attached hydrogens (tertiary/aromatic N) is 3. The van der Waals surface area contributed by atoms with Crippen molar-refractivity contribution in [2.75, 3.05) is 11.6 Å². The van der Waals surface area contributed by atoms with E-state index in [1.807, 2.05) is 48.5 Å². The zero-order chi connectivity index (χ0) is 21.6. The van der Waals surface area contributed by atoms with Crippen LogP contribution in [0.3, 0.4) is 0 Å². The molecule has 2 aromatic heterocycles. The fraction of sp³-hybridized carbons (Fsp3) is 0.200. The molecule has 2 N–H and O–H groups in total. The molecule has 1 unspecified atom stereocenters. The van der Waals surface area contributed by atoms with Crippen LogP contribution in [0.5, 0.6) is 0 Å². The Morgan fingerprint density at radius 2 is 1.87 bits per heavy atom. The Morgan fingerprint density at radius 3 is 2.58 bits per heavy atom. The lowest BCUT2D eigenvalue weighted by Crippen LogP contribution is -2.29. The van der Waals surface area contributed by atoms with Gasteiger partial charge in [0.25, 0.3) is 0 Å². The molecule has 1 atom stereocenters. The maximum Gasteiger partial charge on any atom is 0.405 e. The molecule has 158 valence electrons. The summed E-state index contributed by atoms with van der Waals surface area (Å²) in [5.74, 6) is 0. The van der Waals surface area contributed by atoms with Gasteiger partial charge in [-0.3, -0.25) is 14.7 Å². The molecule has 2 aromatic carbocycles. The Labute approximate surface area is 181 Å². The second kappa shape index (κ2) is 9.34. The monoisotopic (exact) mass is 414 g/mol. The van der Waals surface area contributed by atoms with E-state index in [-0.39, 0.29) is 6.04 Å². The van der Waals surface area contributed by atoms with Crippen molar-refractivity contribution < 1.29 is 9.90 Å². The number of anilines is 1. The van der Waals surface area contributed by atoms with Crippen molar-refractivity contribution in [2.24, 2.45) is 0 Å². The molecule has 6 nitrogen and oxygen atoms in total. The Kier molecular flexibility index (Phi) is 6.17. The summed E-state index contributed by atoms with van der Waals surface area (Å²) in [7, 11) is 0. The average molecular weight is 415 g/mol. The van der Waals surface area contributed by atoms with Gasteiger partial charge in [-0.15, -0.1) is 0 Å². The van der Waals surface area contributed by atoms with Crippen molar-refractivity contribution in [1.29, 1.82) is 0 Å². The summed E-state index contributed by atoms with van der Waals surface area (Å²) in [6.07, 6.45) is 6.23. The van der Waals surface area contributed by atoms with Crippen LogP contribution in [0.4, 0.5) is 10.5 Å². The Balaban J connectivity index is 1.68. The Morgan fingerprint density at radius 1 is 1.10 bits per heavy atom. The maximum absolute atomic E-state index is 11.4. The van der Waals surface area contributed by atoms with Crippen LogP contribution >= 0.6 is 0 Å². The first kappa shape index (κ1) is 20.5. The highest BCUT2D eigenvalue weighted by Crippen LogP contribution is 2.26. The van der Waals surface area contributed by atoms with Gasteiger partial charge in [0.05, 0.1) is 17.2 Å². The summed E-state index contributed by atoms with van der Waals surface area (Å²) in [5, 5.41) is 15.3. The molecule has 1 amide bonds. The third kappa shape index (κ3) is 4.69. The molecule has 6 heteroatoms. The van der Waals surface area contributed by atoms with Crippen molar-refractivity contribution in [1.82, 2.24) is 15.0 Å². The van der Waals surface area contributed by atoms with Crippen LogP contribution < -0.4 is 10.3 Å². The molecule has 0 aliphatic rings. The summed E-state index contributed by atoms with van der Waals surface area (Å²) in [5.41, 5.74) is 4.18. The topological polar surface area (TPSA) is 70.4 Å². The van der Waals surface area contributed by atoms with Gasteiger partial charge in [0.15, 0.2) is 0 Å². The van der Waals surface area contributed by atoms with E-state index in [0.717, 1.165) is 40.7 Å². The number of aromatic nitrogens is 2. The van der Waals surface area contributed by atoms with Crippen LogP contribution in [0.25, 0.3) is 10.9 Å². The zero-order valence-corrected chi connectivity index (χ0v) is 17.5. The fourth-order valence-corrected chi connectivity index (χ4v) is 3.91. The van der Waals surface area contributed by atoms with E-state index in [1.165, 1.54) is 0 Å². The predicted molar refractivity (Wildman–Crippen MR) is 123 cm³/mol. The number of pyridine rings is 1. The third-order valence-corrected chi connectivity index (χ3v) is 5.33. The quantitative estimate of drug-likeness (QED) is 0.412. The number of hydrogen-bond donors (Lipinski definition) is 2. The first-order valence-electron chi connectivity index (χ1n) is 10.5. The van der Waals surface area contributed by atoms with E-state index in [1.54, 1.807) is 12.4 Å². The molecule has 0 saturated carbocycles. The smallest absolute Gasteiger partial charge is 0.405 e. The molecule has 0 radical (unpaired) electrons. The van der Waals surface area contributed by atoms with E-state index in [9.17, 15) is 9.90 Å². The SMILES string of the molecule is CCCN(c1ccncc1)n1ccc2cc(C(Cc3ccccc3)NC(=O)O)ccc21. The molecule has 0 aliphatic carbocycles. The summed E-state index contributed by atoms with van der Waals surface area (Å²) < 4.78 is 2.15. The third-order valence-electron chi connectivity index (χ3n) is 5.33. The van der Waals surface area contributed by atoms with E-state index in [2.05, 4.69) is 51.3 Å². The second-order valence-corrected chi connectivity index (χ2v) is 7.50. The van der Waals surface area contributed by atoms with Crippen LogP contribution in [0.15, 0.2) is 85.3 Å². The molecular formula is C25H26N4O2. The molecule has 31 heavy (non-hydrogen) atoms. The van der Waals surface area contributed by atoms with Crippen LogP contribution in [0.2, 0.25) is 0 Å². The van der Waals surface area contributed by atoms with Crippen molar-refractivity contribution in [3.63, 3.8) is 0 Å². The van der Waals surface area contributed by atoms with Gasteiger partial charge >= 0.3 is 6.09 Å². The highest BCUT2D eigenvalue weighted by atomic mass is 16.4. The molecule has 4 aromatic rings. The van der Waals surface area contributed by atoms with Crippen molar-refractivity contribution >= 4 is 22.7 Å². The summed E-state index contributed by atoms with van der Waals surface area (Å²) in [4.78, 5) is 15.6. The first-order valence-corrected chi connectivity index (χ1v) is 10.5. The second-order valence-electron chi connectivity index (χ2n) is 7.50. The highest BCUT2D eigenvalue weighted by molar-refractivity contribution is 5.82. The minimum absolute atomic E-state index is 0.320. The lowest BCUT2D eigenvalue weighted by Gasteiger charge is -2.26. The van der Waals surface area contributed by atoms with Crippen molar-refractivity contribution in [3.05, 3.63) is 96.4 Å². The van der Waals surface area contributed by atoms with Crippen LogP contribution in [-0.2, 0) is 6.42 Å². The molecule has 0 bridgehead atoms. The molecule has 0 saturated heterocycles. The van der Waals surface area contributed by atoms with Crippen molar-refractivity contribution in [3.8, 4) is 0 Å². The lowest BCUT2D eigenvalue weighted by molar-refractivity contribution is 0.190. The van der Waals surface area contributed by atoms with Gasteiger partial charge in [0.2, 0.25) is 0 Å². The standard InChI is InChI=1S/C25H26N4O2/c1-2-15-28(22-10-13-26-14-11-22)29-16-12-21-18-20(8-9-24(21)29)23(27-25(30)31)17-19-6-4-3-5-7-19/h3-14,16,18,23,27H,2,15,17H2,1H3,(H,30,31). The van der Waals surface area contributed by atoms with Crippen LogP contribution in [0, 0.1) is 0 Å². The largest absolute Gasteiger partial charge is 0.465 e. The number of hydrogen-bond acceptors (Lipinski definition) is 3. The number of amides is 1. The molecular weight excluding hydrogens is 388 g/mol. The average Bonchev–Trinajstić information content (AvgIpc) is 3.21. The van der Waals surface area contributed by atoms with Gasteiger partial charge in [-0.1, -0.05) is 43.3 Å². The minimum Gasteiger partial charge on any atom is -0.465 e. The molecule has 0 spiro atoms. The first-order chi connectivity index (χ1) is 15.2. The molecule has 4 rings (SSSR count). The number of nitrogens with one attached hydrogen (secondary N) is 1. The van der Waals surface area contributed by atoms with Crippen LogP contribution in [0.1, 0.15) is 30.5 Å². The Bertz CT molecular complexity index is 1140. The number of fused-ring (bicyclic) bond motifs is 1. The molecule has 0 aliphatic heterocycles. The number of benzene rings is 2. The fourth-order valence-electron chi connectivity index (χ4n) is 3.91. The number of rotatable bonds is 8. The summed E-state index contributed by atoms with van der Waals surface area (Å²) in [6.45, 7) is 3.02. The minimum atomic E-state index is -1.02. The van der Waals surface area contributed by atoms with Gasteiger partial charge in [0.1, 0.15) is 0 Å². The Hall–Kier alpha value is -3.80. The van der Waals surface area contributed by atoms with E-state index < -0.39 is 6.09 Å². The maximum atomic E-state index is 11.4. The van der Waals surface area contributed by atoms with Gasteiger partial charge < -0.3 is 10.4 Å². The number of carbonyl (C=O) groups is 1. The lowest BCUT2D eigenvalue weighted by atomic mass is 9.98. The van der Waals surface area contributed by atoms with E-state index in [0.29, 0.717) is 6.42 Å². The van der Waals surface area contributed by atoms with Crippen molar-refractivity contribution in [2.45, 2.75) is 25.8 Å². The summed E-state index contributed by atoms with van der Waals surface area (Å²) >= 11 is 0. The predicted octanol–water partition coefficient (Wildman–Crippen LogP) is 5.27.